The van der Waals surface area contributed by atoms with Gasteiger partial charge >= 0.3 is 12.2 Å². The van der Waals surface area contributed by atoms with Crippen LogP contribution in [0, 0.1) is 0 Å². The second-order valence-electron chi connectivity index (χ2n) is 7.86. The summed E-state index contributed by atoms with van der Waals surface area (Å²) in [5.74, 6) is -0.791. The largest absolute Gasteiger partial charge is 0.497 e. The minimum Gasteiger partial charge on any atom is -0.497 e. The van der Waals surface area contributed by atoms with E-state index in [9.17, 15) is 24.3 Å². The molecular weight excluding hydrogens is 454 g/mol. The highest BCUT2D eigenvalue weighted by Crippen LogP contribution is 2.29. The fourth-order valence-electron chi connectivity index (χ4n) is 3.92. The summed E-state index contributed by atoms with van der Waals surface area (Å²) in [6, 6.07) is 15.2. The van der Waals surface area contributed by atoms with E-state index in [0.717, 1.165) is 15.4 Å². The minimum absolute atomic E-state index is 0.000195. The van der Waals surface area contributed by atoms with E-state index >= 15 is 0 Å². The predicted molar refractivity (Wildman–Crippen MR) is 126 cm³/mol. The Bertz CT molecular complexity index is 1090. The molecule has 0 radical (unpaired) electrons. The van der Waals surface area contributed by atoms with Crippen molar-refractivity contribution in [3.05, 3.63) is 78.4 Å². The van der Waals surface area contributed by atoms with Crippen molar-refractivity contribution in [2.75, 3.05) is 26.7 Å². The van der Waals surface area contributed by atoms with Gasteiger partial charge in [-0.15, -0.1) is 6.58 Å². The molecule has 10 heteroatoms. The number of imide groups is 1. The van der Waals surface area contributed by atoms with Crippen LogP contribution < -0.4 is 10.1 Å². The van der Waals surface area contributed by atoms with Crippen molar-refractivity contribution >= 4 is 24.0 Å². The van der Waals surface area contributed by atoms with Gasteiger partial charge in [0.15, 0.2) is 0 Å². The molecule has 1 atom stereocenters. The summed E-state index contributed by atoms with van der Waals surface area (Å²) in [6.07, 6.45) is -0.916. The number of carboxylic acid groups (broad SMARTS) is 1. The van der Waals surface area contributed by atoms with Gasteiger partial charge in [-0.2, -0.15) is 0 Å². The first-order chi connectivity index (χ1) is 16.8. The van der Waals surface area contributed by atoms with Gasteiger partial charge in [-0.25, -0.2) is 9.59 Å². The fourth-order valence-corrected chi connectivity index (χ4v) is 3.92. The zero-order chi connectivity index (χ0) is 25.4. The van der Waals surface area contributed by atoms with Crippen molar-refractivity contribution in [1.82, 2.24) is 15.1 Å². The number of amides is 4. The standard InChI is InChI=1S/C25H27N3O7/c1-3-13-25(17-26-23(31)35-16-18-7-5-4-6-8-18)22(30)27(14-15-28(25)24(32)33)21(29)19-9-11-20(34-2)12-10-19/h3-12H,1,13-17H2,2H3,(H,26,31)(H,32,33)/t25-/m1/s1. The fraction of sp³-hybridized carbons (Fsp3) is 0.280. The van der Waals surface area contributed by atoms with Crippen molar-refractivity contribution in [2.24, 2.45) is 0 Å². The van der Waals surface area contributed by atoms with E-state index in [4.69, 9.17) is 9.47 Å². The van der Waals surface area contributed by atoms with Gasteiger partial charge in [-0.3, -0.25) is 19.4 Å². The van der Waals surface area contributed by atoms with E-state index in [1.807, 2.05) is 6.07 Å². The molecule has 0 aromatic heterocycles. The van der Waals surface area contributed by atoms with Crippen molar-refractivity contribution in [3.8, 4) is 5.75 Å². The van der Waals surface area contributed by atoms with Crippen molar-refractivity contribution in [3.63, 3.8) is 0 Å². The maximum absolute atomic E-state index is 13.6. The van der Waals surface area contributed by atoms with Crippen LogP contribution in [0.15, 0.2) is 67.3 Å². The lowest BCUT2D eigenvalue weighted by Crippen LogP contribution is -2.71. The van der Waals surface area contributed by atoms with Crippen LogP contribution in [0.25, 0.3) is 0 Å². The molecule has 10 nitrogen and oxygen atoms in total. The molecule has 2 aromatic rings. The number of benzene rings is 2. The molecule has 0 aliphatic carbocycles. The highest BCUT2D eigenvalue weighted by molar-refractivity contribution is 6.09. The number of nitrogens with zero attached hydrogens (tertiary/aromatic N) is 2. The van der Waals surface area contributed by atoms with Gasteiger partial charge in [-0.05, 0) is 36.2 Å². The topological polar surface area (TPSA) is 125 Å². The Morgan fingerprint density at radius 2 is 1.80 bits per heavy atom. The number of carbonyl (C=O) groups excluding carboxylic acids is 3. The van der Waals surface area contributed by atoms with Crippen molar-refractivity contribution < 1.29 is 33.8 Å². The summed E-state index contributed by atoms with van der Waals surface area (Å²) in [5, 5.41) is 12.3. The molecule has 3 rings (SSSR count). The summed E-state index contributed by atoms with van der Waals surface area (Å²) < 4.78 is 10.3. The quantitative estimate of drug-likeness (QED) is 0.439. The predicted octanol–water partition coefficient (Wildman–Crippen LogP) is 2.90. The number of methoxy groups -OCH3 is 1. The molecule has 2 aromatic carbocycles. The highest BCUT2D eigenvalue weighted by atomic mass is 16.5. The molecule has 0 saturated carbocycles. The average Bonchev–Trinajstić information content (AvgIpc) is 2.87. The number of alkyl carbamates (subject to hydrolysis) is 1. The van der Waals surface area contributed by atoms with Gasteiger partial charge in [0, 0.05) is 18.7 Å². The molecule has 1 heterocycles. The van der Waals surface area contributed by atoms with Crippen molar-refractivity contribution in [1.29, 1.82) is 0 Å². The maximum atomic E-state index is 13.6. The zero-order valence-electron chi connectivity index (χ0n) is 19.3. The molecule has 2 N–H and O–H groups in total. The average molecular weight is 482 g/mol. The molecule has 184 valence electrons. The summed E-state index contributed by atoms with van der Waals surface area (Å²) in [5.41, 5.74) is -0.758. The van der Waals surface area contributed by atoms with Crippen LogP contribution in [0.5, 0.6) is 5.75 Å². The van der Waals surface area contributed by atoms with Gasteiger partial charge in [0.2, 0.25) is 0 Å². The molecule has 1 aliphatic heterocycles. The lowest BCUT2D eigenvalue weighted by Gasteiger charge is -2.47. The van der Waals surface area contributed by atoms with Gasteiger partial charge in [-0.1, -0.05) is 36.4 Å². The Morgan fingerprint density at radius 1 is 1.11 bits per heavy atom. The smallest absolute Gasteiger partial charge is 0.408 e. The summed E-state index contributed by atoms with van der Waals surface area (Å²) in [7, 11) is 1.49. The van der Waals surface area contributed by atoms with Crippen LogP contribution in [0.4, 0.5) is 9.59 Å². The second kappa shape index (κ2) is 11.2. The monoisotopic (exact) mass is 481 g/mol. The molecule has 0 spiro atoms. The Hall–Kier alpha value is -4.34. The lowest BCUT2D eigenvalue weighted by molar-refractivity contribution is -0.145. The van der Waals surface area contributed by atoms with Crippen LogP contribution in [0.2, 0.25) is 0 Å². The van der Waals surface area contributed by atoms with E-state index in [2.05, 4.69) is 11.9 Å². The van der Waals surface area contributed by atoms with Crippen LogP contribution >= 0.6 is 0 Å². The minimum atomic E-state index is -1.76. The molecule has 0 bridgehead atoms. The number of ether oxygens (including phenoxy) is 2. The summed E-state index contributed by atoms with van der Waals surface area (Å²) in [4.78, 5) is 53.1. The van der Waals surface area contributed by atoms with E-state index in [-0.39, 0.29) is 31.7 Å². The van der Waals surface area contributed by atoms with Crippen LogP contribution in [0.1, 0.15) is 22.3 Å². The lowest BCUT2D eigenvalue weighted by atomic mass is 9.88. The molecule has 1 aliphatic rings. The van der Waals surface area contributed by atoms with E-state index in [1.165, 1.54) is 25.3 Å². The van der Waals surface area contributed by atoms with Crippen LogP contribution in [0.3, 0.4) is 0 Å². The van der Waals surface area contributed by atoms with E-state index in [1.54, 1.807) is 36.4 Å². The number of nitrogens with one attached hydrogen (secondary N) is 1. The molecule has 0 unspecified atom stereocenters. The first kappa shape index (κ1) is 25.3. The highest BCUT2D eigenvalue weighted by Gasteiger charge is 2.52. The molecule has 35 heavy (non-hydrogen) atoms. The number of hydrogen-bond acceptors (Lipinski definition) is 6. The number of hydrogen-bond donors (Lipinski definition) is 2. The number of carbonyl (C=O) groups is 4. The van der Waals surface area contributed by atoms with E-state index in [0.29, 0.717) is 5.75 Å². The first-order valence-electron chi connectivity index (χ1n) is 10.9. The Labute approximate surface area is 202 Å². The molecule has 4 amide bonds. The molecule has 1 fully saturated rings. The van der Waals surface area contributed by atoms with Crippen LogP contribution in [-0.4, -0.2) is 71.2 Å². The third kappa shape index (κ3) is 5.60. The maximum Gasteiger partial charge on any atom is 0.408 e. The first-order valence-corrected chi connectivity index (χ1v) is 10.9. The Morgan fingerprint density at radius 3 is 2.40 bits per heavy atom. The Kier molecular flexibility index (Phi) is 8.08. The second-order valence-corrected chi connectivity index (χ2v) is 7.86. The van der Waals surface area contributed by atoms with Gasteiger partial charge < -0.3 is 19.9 Å². The molecule has 1 saturated heterocycles. The van der Waals surface area contributed by atoms with Crippen LogP contribution in [-0.2, 0) is 16.1 Å². The molecular formula is C25H27N3O7. The third-order valence-electron chi connectivity index (χ3n) is 5.74. The van der Waals surface area contributed by atoms with Gasteiger partial charge in [0.1, 0.15) is 17.9 Å². The van der Waals surface area contributed by atoms with Crippen molar-refractivity contribution in [2.45, 2.75) is 18.6 Å². The normalized spacial score (nSPS) is 17.5. The third-order valence-corrected chi connectivity index (χ3v) is 5.74. The van der Waals surface area contributed by atoms with E-state index < -0.39 is 36.1 Å². The Balaban J connectivity index is 1.80. The van der Waals surface area contributed by atoms with Gasteiger partial charge in [0.05, 0.1) is 13.7 Å². The van der Waals surface area contributed by atoms with Gasteiger partial charge in [0.25, 0.3) is 11.8 Å². The summed E-state index contributed by atoms with van der Waals surface area (Å²) in [6.45, 7) is 2.99. The zero-order valence-corrected chi connectivity index (χ0v) is 19.3. The number of rotatable bonds is 8. The SMILES string of the molecule is C=CC[C@@]1(CNC(=O)OCc2ccccc2)C(=O)N(C(=O)c2ccc(OC)cc2)CCN1C(=O)O. The number of piperazine rings is 1. The summed E-state index contributed by atoms with van der Waals surface area (Å²) >= 11 is 0.